The van der Waals surface area contributed by atoms with Crippen LogP contribution >= 0.6 is 0 Å². The van der Waals surface area contributed by atoms with E-state index in [1.807, 2.05) is 6.07 Å². The Morgan fingerprint density at radius 1 is 0.846 bits per heavy atom. The van der Waals surface area contributed by atoms with Crippen LogP contribution in [0.15, 0.2) is 78.5 Å². The summed E-state index contributed by atoms with van der Waals surface area (Å²) in [7, 11) is 2.90. The molecule has 0 spiro atoms. The third kappa shape index (κ3) is 6.52. The zero-order chi connectivity index (χ0) is 27.8. The van der Waals surface area contributed by atoms with E-state index in [0.717, 1.165) is 4.90 Å². The number of methoxy groups -OCH3 is 2. The van der Waals surface area contributed by atoms with Gasteiger partial charge >= 0.3 is 6.03 Å². The minimum atomic E-state index is -0.756. The molecule has 0 unspecified atom stereocenters. The maximum Gasteiger partial charge on any atom is 0.329 e. The van der Waals surface area contributed by atoms with E-state index in [2.05, 4.69) is 16.0 Å². The standard InChI is InChI=1S/C28H26N4O7/c1-37-22-13-7-6-12-20(22)30-24(33)16-32-27(35)21(31-28(32)36)15-18-9-8-14-23(38-2)26(18)39-17-25(34)29-19-10-4-3-5-11-19/h3-15H,16-17H2,1-2H3,(H,29,34)(H,30,33)(H,31,36)/b21-15+. The summed E-state index contributed by atoms with van der Waals surface area (Å²) < 4.78 is 16.3. The molecule has 5 amide bonds. The zero-order valence-corrected chi connectivity index (χ0v) is 21.2. The molecule has 39 heavy (non-hydrogen) atoms. The van der Waals surface area contributed by atoms with Gasteiger partial charge in [-0.2, -0.15) is 0 Å². The number of benzene rings is 3. The number of carbonyl (C=O) groups is 4. The van der Waals surface area contributed by atoms with E-state index in [9.17, 15) is 19.2 Å². The van der Waals surface area contributed by atoms with Gasteiger partial charge in [-0.3, -0.25) is 14.4 Å². The number of rotatable bonds is 10. The maximum absolute atomic E-state index is 13.0. The Morgan fingerprint density at radius 2 is 1.54 bits per heavy atom. The summed E-state index contributed by atoms with van der Waals surface area (Å²) in [5.74, 6) is -0.730. The molecule has 4 rings (SSSR count). The van der Waals surface area contributed by atoms with Crippen LogP contribution in [0, 0.1) is 0 Å². The number of urea groups is 1. The van der Waals surface area contributed by atoms with Crippen molar-refractivity contribution in [1.29, 1.82) is 0 Å². The average molecular weight is 531 g/mol. The molecule has 0 aromatic heterocycles. The molecular formula is C28H26N4O7. The van der Waals surface area contributed by atoms with Gasteiger partial charge in [0, 0.05) is 11.3 Å². The first kappa shape index (κ1) is 26.7. The number of hydrogen-bond donors (Lipinski definition) is 3. The quantitative estimate of drug-likeness (QED) is 0.271. The van der Waals surface area contributed by atoms with Crippen LogP contribution in [0.3, 0.4) is 0 Å². The third-order valence-corrected chi connectivity index (χ3v) is 5.58. The fourth-order valence-electron chi connectivity index (χ4n) is 3.77. The van der Waals surface area contributed by atoms with Crippen molar-refractivity contribution in [2.75, 3.05) is 38.0 Å². The molecule has 3 aromatic carbocycles. The highest BCUT2D eigenvalue weighted by molar-refractivity contribution is 6.16. The van der Waals surface area contributed by atoms with Crippen LogP contribution < -0.4 is 30.2 Å². The number of ether oxygens (including phenoxy) is 3. The van der Waals surface area contributed by atoms with Gasteiger partial charge in [-0.25, -0.2) is 9.69 Å². The molecule has 0 radical (unpaired) electrons. The molecule has 1 aliphatic heterocycles. The molecule has 1 aliphatic rings. The lowest BCUT2D eigenvalue weighted by Crippen LogP contribution is -2.38. The lowest BCUT2D eigenvalue weighted by Gasteiger charge is -2.14. The summed E-state index contributed by atoms with van der Waals surface area (Å²) in [6.07, 6.45) is 1.39. The number of carbonyl (C=O) groups excluding carboxylic acids is 4. The number of nitrogens with one attached hydrogen (secondary N) is 3. The maximum atomic E-state index is 13.0. The predicted molar refractivity (Wildman–Crippen MR) is 143 cm³/mol. The minimum absolute atomic E-state index is 0.0723. The second-order valence-corrected chi connectivity index (χ2v) is 8.21. The van der Waals surface area contributed by atoms with Crippen molar-refractivity contribution in [3.8, 4) is 17.2 Å². The van der Waals surface area contributed by atoms with Crippen molar-refractivity contribution in [1.82, 2.24) is 10.2 Å². The molecule has 1 fully saturated rings. The first-order valence-electron chi connectivity index (χ1n) is 11.8. The minimum Gasteiger partial charge on any atom is -0.495 e. The Balaban J connectivity index is 1.47. The fraction of sp³-hybridized carbons (Fsp3) is 0.143. The molecular weight excluding hydrogens is 504 g/mol. The monoisotopic (exact) mass is 530 g/mol. The Hall–Kier alpha value is -5.32. The Morgan fingerprint density at radius 3 is 2.28 bits per heavy atom. The van der Waals surface area contributed by atoms with Crippen LogP contribution in [0.1, 0.15) is 5.56 Å². The number of para-hydroxylation sites is 4. The van der Waals surface area contributed by atoms with Crippen LogP contribution in [-0.2, 0) is 14.4 Å². The molecule has 0 bridgehead atoms. The smallest absolute Gasteiger partial charge is 0.329 e. The lowest BCUT2D eigenvalue weighted by molar-refractivity contribution is -0.127. The van der Waals surface area contributed by atoms with Gasteiger partial charge < -0.3 is 30.2 Å². The van der Waals surface area contributed by atoms with E-state index < -0.39 is 30.3 Å². The molecule has 11 nitrogen and oxygen atoms in total. The highest BCUT2D eigenvalue weighted by Crippen LogP contribution is 2.33. The molecule has 0 saturated carbocycles. The number of imide groups is 1. The van der Waals surface area contributed by atoms with E-state index in [1.165, 1.54) is 20.3 Å². The molecule has 3 aromatic rings. The number of nitrogens with zero attached hydrogens (tertiary/aromatic N) is 1. The van der Waals surface area contributed by atoms with Gasteiger partial charge in [-0.05, 0) is 36.4 Å². The Kier molecular flexibility index (Phi) is 8.42. The molecule has 1 heterocycles. The highest BCUT2D eigenvalue weighted by atomic mass is 16.5. The van der Waals surface area contributed by atoms with Crippen LogP contribution in [0.5, 0.6) is 17.2 Å². The second-order valence-electron chi connectivity index (χ2n) is 8.21. The van der Waals surface area contributed by atoms with Crippen LogP contribution in [0.2, 0.25) is 0 Å². The molecule has 1 saturated heterocycles. The number of hydrogen-bond acceptors (Lipinski definition) is 7. The summed E-state index contributed by atoms with van der Waals surface area (Å²) in [4.78, 5) is 51.3. The molecule has 3 N–H and O–H groups in total. The van der Waals surface area contributed by atoms with Crippen LogP contribution in [0.4, 0.5) is 16.2 Å². The van der Waals surface area contributed by atoms with Gasteiger partial charge in [-0.15, -0.1) is 0 Å². The first-order valence-corrected chi connectivity index (χ1v) is 11.8. The molecule has 0 aliphatic carbocycles. The summed E-state index contributed by atoms with van der Waals surface area (Å²) in [5, 5.41) is 7.83. The zero-order valence-electron chi connectivity index (χ0n) is 21.2. The van der Waals surface area contributed by atoms with Gasteiger partial charge in [0.1, 0.15) is 18.0 Å². The van der Waals surface area contributed by atoms with Crippen molar-refractivity contribution in [3.63, 3.8) is 0 Å². The van der Waals surface area contributed by atoms with Gasteiger partial charge in [0.15, 0.2) is 18.1 Å². The summed E-state index contributed by atoms with van der Waals surface area (Å²) in [6, 6.07) is 19.9. The largest absolute Gasteiger partial charge is 0.495 e. The van der Waals surface area contributed by atoms with Gasteiger partial charge in [0.2, 0.25) is 5.91 Å². The van der Waals surface area contributed by atoms with Crippen molar-refractivity contribution < 1.29 is 33.4 Å². The fourth-order valence-corrected chi connectivity index (χ4v) is 3.77. The van der Waals surface area contributed by atoms with E-state index >= 15 is 0 Å². The van der Waals surface area contributed by atoms with Crippen LogP contribution in [-0.4, -0.2) is 56.0 Å². The topological polar surface area (TPSA) is 135 Å². The predicted octanol–water partition coefficient (Wildman–Crippen LogP) is 3.25. The van der Waals surface area contributed by atoms with Gasteiger partial charge in [0.05, 0.1) is 19.9 Å². The van der Waals surface area contributed by atoms with Crippen LogP contribution in [0.25, 0.3) is 6.08 Å². The van der Waals surface area contributed by atoms with E-state index in [0.29, 0.717) is 28.4 Å². The van der Waals surface area contributed by atoms with Gasteiger partial charge in [-0.1, -0.05) is 42.5 Å². The Labute approximate surface area is 224 Å². The highest BCUT2D eigenvalue weighted by Gasteiger charge is 2.35. The van der Waals surface area contributed by atoms with Crippen molar-refractivity contribution in [3.05, 3.63) is 84.1 Å². The number of amides is 5. The van der Waals surface area contributed by atoms with Crippen molar-refractivity contribution in [2.24, 2.45) is 0 Å². The first-order chi connectivity index (χ1) is 18.9. The lowest BCUT2D eigenvalue weighted by atomic mass is 10.1. The normalized spacial score (nSPS) is 13.6. The third-order valence-electron chi connectivity index (χ3n) is 5.58. The van der Waals surface area contributed by atoms with E-state index in [1.54, 1.807) is 66.7 Å². The molecule has 11 heteroatoms. The van der Waals surface area contributed by atoms with Crippen molar-refractivity contribution in [2.45, 2.75) is 0 Å². The van der Waals surface area contributed by atoms with E-state index in [-0.39, 0.29) is 18.1 Å². The molecule has 200 valence electrons. The SMILES string of the molecule is COc1ccccc1NC(=O)CN1C(=O)N/C(=C/c2cccc(OC)c2OCC(=O)Nc2ccccc2)C1=O. The van der Waals surface area contributed by atoms with E-state index in [4.69, 9.17) is 14.2 Å². The number of anilines is 2. The Bertz CT molecular complexity index is 1420. The second kappa shape index (κ2) is 12.3. The summed E-state index contributed by atoms with van der Waals surface area (Å²) in [5.41, 5.74) is 1.33. The summed E-state index contributed by atoms with van der Waals surface area (Å²) in [6.45, 7) is -0.845. The average Bonchev–Trinajstić information content (AvgIpc) is 3.20. The molecule has 0 atom stereocenters. The van der Waals surface area contributed by atoms with Crippen molar-refractivity contribution >= 4 is 41.2 Å². The van der Waals surface area contributed by atoms with Gasteiger partial charge in [0.25, 0.3) is 11.8 Å². The summed E-state index contributed by atoms with van der Waals surface area (Å²) >= 11 is 0.